The van der Waals surface area contributed by atoms with E-state index in [2.05, 4.69) is 20.7 Å². The highest BCUT2D eigenvalue weighted by atomic mass is 79.9. The van der Waals surface area contributed by atoms with Gasteiger partial charge in [-0.15, -0.1) is 0 Å². The quantitative estimate of drug-likeness (QED) is 0.751. The summed E-state index contributed by atoms with van der Waals surface area (Å²) in [5, 5.41) is 0. The molecule has 1 rings (SSSR count). The second kappa shape index (κ2) is 7.44. The predicted molar refractivity (Wildman–Crippen MR) is 72.7 cm³/mol. The van der Waals surface area contributed by atoms with E-state index >= 15 is 0 Å². The van der Waals surface area contributed by atoms with Crippen LogP contribution < -0.4 is 0 Å². The SMILES string of the molecule is COC(=O)CCN(CC(F)(F)F)C(=O)c1cccc(Br)c1. The van der Waals surface area contributed by atoms with E-state index in [1.807, 2.05) is 0 Å². The maximum Gasteiger partial charge on any atom is 0.406 e. The standard InChI is InChI=1S/C13H13BrF3NO3/c1-21-11(19)5-6-18(8-13(15,16)17)12(20)9-3-2-4-10(14)7-9/h2-4,7H,5-6,8H2,1H3. The molecule has 0 bridgehead atoms. The summed E-state index contributed by atoms with van der Waals surface area (Å²) in [5.41, 5.74) is 0.110. The molecule has 0 aromatic heterocycles. The molecule has 0 aliphatic rings. The van der Waals surface area contributed by atoms with Gasteiger partial charge in [-0.05, 0) is 18.2 Å². The zero-order valence-electron chi connectivity index (χ0n) is 11.1. The van der Waals surface area contributed by atoms with Crippen LogP contribution in [0.3, 0.4) is 0 Å². The average Bonchev–Trinajstić information content (AvgIpc) is 2.41. The van der Waals surface area contributed by atoms with Crippen LogP contribution in [0.2, 0.25) is 0 Å². The Kier molecular flexibility index (Phi) is 6.19. The minimum absolute atomic E-state index is 0.110. The Morgan fingerprint density at radius 2 is 2.00 bits per heavy atom. The van der Waals surface area contributed by atoms with E-state index in [0.29, 0.717) is 9.37 Å². The van der Waals surface area contributed by atoms with E-state index in [1.54, 1.807) is 12.1 Å². The molecule has 116 valence electrons. The van der Waals surface area contributed by atoms with Gasteiger partial charge in [-0.1, -0.05) is 22.0 Å². The molecule has 0 spiro atoms. The smallest absolute Gasteiger partial charge is 0.406 e. The Bertz CT molecular complexity index is 520. The van der Waals surface area contributed by atoms with Crippen LogP contribution in [0.1, 0.15) is 16.8 Å². The van der Waals surface area contributed by atoms with Gasteiger partial charge in [0.15, 0.2) is 0 Å². The van der Waals surface area contributed by atoms with Crippen LogP contribution in [0, 0.1) is 0 Å². The molecule has 0 aliphatic heterocycles. The third kappa shape index (κ3) is 6.16. The first-order chi connectivity index (χ1) is 9.73. The number of nitrogens with zero attached hydrogens (tertiary/aromatic N) is 1. The summed E-state index contributed by atoms with van der Waals surface area (Å²) in [6.45, 7) is -1.78. The van der Waals surface area contributed by atoms with Gasteiger partial charge in [-0.3, -0.25) is 9.59 Å². The molecule has 0 aliphatic carbocycles. The van der Waals surface area contributed by atoms with Crippen molar-refractivity contribution in [2.45, 2.75) is 12.6 Å². The Hall–Kier alpha value is -1.57. The molecule has 0 atom stereocenters. The molecule has 21 heavy (non-hydrogen) atoms. The number of alkyl halides is 3. The fourth-order valence-corrected chi connectivity index (χ4v) is 2.00. The topological polar surface area (TPSA) is 46.6 Å². The largest absolute Gasteiger partial charge is 0.469 e. The highest BCUT2D eigenvalue weighted by molar-refractivity contribution is 9.10. The first-order valence-corrected chi connectivity index (χ1v) is 6.70. The maximum absolute atomic E-state index is 12.5. The molecule has 0 saturated heterocycles. The van der Waals surface area contributed by atoms with Gasteiger partial charge in [0, 0.05) is 16.6 Å². The van der Waals surface area contributed by atoms with Crippen molar-refractivity contribution in [3.63, 3.8) is 0 Å². The van der Waals surface area contributed by atoms with Gasteiger partial charge >= 0.3 is 12.1 Å². The molecule has 0 fully saturated rings. The molecule has 0 unspecified atom stereocenters. The second-order valence-corrected chi connectivity index (χ2v) is 5.09. The number of rotatable bonds is 5. The number of halogens is 4. The predicted octanol–water partition coefficient (Wildman–Crippen LogP) is 3.02. The van der Waals surface area contributed by atoms with Crippen molar-refractivity contribution < 1.29 is 27.5 Å². The summed E-state index contributed by atoms with van der Waals surface area (Å²) < 4.78 is 42.6. The van der Waals surface area contributed by atoms with Crippen molar-refractivity contribution in [1.29, 1.82) is 0 Å². The van der Waals surface area contributed by atoms with E-state index in [9.17, 15) is 22.8 Å². The van der Waals surface area contributed by atoms with E-state index in [4.69, 9.17) is 0 Å². The minimum atomic E-state index is -4.54. The Morgan fingerprint density at radius 1 is 1.33 bits per heavy atom. The fraction of sp³-hybridized carbons (Fsp3) is 0.385. The van der Waals surface area contributed by atoms with Crippen molar-refractivity contribution in [2.75, 3.05) is 20.2 Å². The summed E-state index contributed by atoms with van der Waals surface area (Å²) in [4.78, 5) is 23.8. The molecular weight excluding hydrogens is 355 g/mol. The molecule has 0 N–H and O–H groups in total. The van der Waals surface area contributed by atoms with E-state index in [0.717, 1.165) is 7.11 Å². The maximum atomic E-state index is 12.5. The lowest BCUT2D eigenvalue weighted by molar-refractivity contribution is -0.147. The van der Waals surface area contributed by atoms with Crippen LogP contribution in [-0.4, -0.2) is 43.2 Å². The van der Waals surface area contributed by atoms with Crippen molar-refractivity contribution in [3.8, 4) is 0 Å². The summed E-state index contributed by atoms with van der Waals surface area (Å²) in [6, 6.07) is 6.03. The second-order valence-electron chi connectivity index (χ2n) is 4.18. The highest BCUT2D eigenvalue weighted by Crippen LogP contribution is 2.20. The molecule has 1 aromatic carbocycles. The van der Waals surface area contributed by atoms with Gasteiger partial charge in [0.2, 0.25) is 0 Å². The Balaban J connectivity index is 2.89. The lowest BCUT2D eigenvalue weighted by atomic mass is 10.2. The number of hydrogen-bond donors (Lipinski definition) is 0. The lowest BCUT2D eigenvalue weighted by Gasteiger charge is -2.23. The summed E-state index contributed by atoms with van der Waals surface area (Å²) in [6.07, 6.45) is -4.84. The zero-order valence-corrected chi connectivity index (χ0v) is 12.7. The molecule has 0 radical (unpaired) electrons. The highest BCUT2D eigenvalue weighted by Gasteiger charge is 2.33. The van der Waals surface area contributed by atoms with Crippen molar-refractivity contribution in [2.24, 2.45) is 0 Å². The van der Waals surface area contributed by atoms with E-state index < -0.39 is 24.6 Å². The fourth-order valence-electron chi connectivity index (χ4n) is 1.60. The van der Waals surface area contributed by atoms with Gasteiger partial charge in [-0.25, -0.2) is 0 Å². The molecule has 8 heteroatoms. The van der Waals surface area contributed by atoms with Crippen LogP contribution in [0.5, 0.6) is 0 Å². The number of methoxy groups -OCH3 is 1. The van der Waals surface area contributed by atoms with Crippen LogP contribution in [0.25, 0.3) is 0 Å². The van der Waals surface area contributed by atoms with Crippen LogP contribution in [0.15, 0.2) is 28.7 Å². The first kappa shape index (κ1) is 17.5. The van der Waals surface area contributed by atoms with Gasteiger partial charge < -0.3 is 9.64 Å². The number of ether oxygens (including phenoxy) is 1. The number of esters is 1. The van der Waals surface area contributed by atoms with E-state index in [-0.39, 0.29) is 18.5 Å². The molecule has 0 heterocycles. The lowest BCUT2D eigenvalue weighted by Crippen LogP contribution is -2.40. The Morgan fingerprint density at radius 3 is 2.52 bits per heavy atom. The number of benzene rings is 1. The number of hydrogen-bond acceptors (Lipinski definition) is 3. The Labute approximate surface area is 128 Å². The molecule has 4 nitrogen and oxygen atoms in total. The monoisotopic (exact) mass is 367 g/mol. The molecular formula is C13H13BrF3NO3. The minimum Gasteiger partial charge on any atom is -0.469 e. The summed E-state index contributed by atoms with van der Waals surface area (Å²) >= 11 is 3.15. The summed E-state index contributed by atoms with van der Waals surface area (Å²) in [7, 11) is 1.13. The third-order valence-electron chi connectivity index (χ3n) is 2.54. The summed E-state index contributed by atoms with van der Waals surface area (Å²) in [5.74, 6) is -1.47. The van der Waals surface area contributed by atoms with Crippen molar-refractivity contribution in [1.82, 2.24) is 4.90 Å². The van der Waals surface area contributed by atoms with Gasteiger partial charge in [0.05, 0.1) is 13.5 Å². The zero-order chi connectivity index (χ0) is 16.0. The first-order valence-electron chi connectivity index (χ1n) is 5.91. The average molecular weight is 368 g/mol. The van der Waals surface area contributed by atoms with Gasteiger partial charge in [0.25, 0.3) is 5.91 Å². The third-order valence-corrected chi connectivity index (χ3v) is 3.04. The normalized spacial score (nSPS) is 11.1. The van der Waals surface area contributed by atoms with Crippen LogP contribution >= 0.6 is 15.9 Å². The van der Waals surface area contributed by atoms with E-state index in [1.165, 1.54) is 12.1 Å². The number of amides is 1. The van der Waals surface area contributed by atoms with Crippen molar-refractivity contribution >= 4 is 27.8 Å². The molecule has 1 amide bonds. The van der Waals surface area contributed by atoms with Crippen LogP contribution in [-0.2, 0) is 9.53 Å². The van der Waals surface area contributed by atoms with Crippen LogP contribution in [0.4, 0.5) is 13.2 Å². The van der Waals surface area contributed by atoms with Gasteiger partial charge in [-0.2, -0.15) is 13.2 Å². The number of carbonyl (C=O) groups is 2. The molecule has 0 saturated carbocycles. The molecule has 1 aromatic rings. The number of carbonyl (C=O) groups excluding carboxylic acids is 2. The van der Waals surface area contributed by atoms with Crippen molar-refractivity contribution in [3.05, 3.63) is 34.3 Å². The van der Waals surface area contributed by atoms with Gasteiger partial charge in [0.1, 0.15) is 6.54 Å².